The minimum absolute atomic E-state index is 0.112. The van der Waals surface area contributed by atoms with Gasteiger partial charge in [-0.3, -0.25) is 4.79 Å². The fourth-order valence-corrected chi connectivity index (χ4v) is 5.30. The molecule has 2 aromatic carbocycles. The van der Waals surface area contributed by atoms with Gasteiger partial charge >= 0.3 is 5.97 Å². The number of hydrogen-bond acceptors (Lipinski definition) is 6. The topological polar surface area (TPSA) is 71.0 Å². The molecule has 0 unspecified atom stereocenters. The Morgan fingerprint density at radius 1 is 1.14 bits per heavy atom. The molecule has 2 atom stereocenters. The number of rotatable bonds is 6. The molecule has 2 aromatic rings. The van der Waals surface area contributed by atoms with E-state index in [0.717, 1.165) is 22.0 Å². The molecule has 188 valence electrons. The van der Waals surface area contributed by atoms with Crippen molar-refractivity contribution < 1.29 is 14.3 Å². The molecule has 6 nitrogen and oxygen atoms in total. The lowest BCUT2D eigenvalue weighted by molar-refractivity contribution is -0.150. The normalized spacial score (nSPS) is 18.3. The van der Waals surface area contributed by atoms with Crippen molar-refractivity contribution >= 4 is 40.4 Å². The van der Waals surface area contributed by atoms with Crippen molar-refractivity contribution in [1.29, 1.82) is 0 Å². The first kappa shape index (κ1) is 26.0. The van der Waals surface area contributed by atoms with Crippen LogP contribution in [0.2, 0.25) is 5.02 Å². The van der Waals surface area contributed by atoms with Gasteiger partial charge in [-0.2, -0.15) is 0 Å². The molecule has 0 aliphatic carbocycles. The summed E-state index contributed by atoms with van der Waals surface area (Å²) < 4.78 is 5.77. The minimum atomic E-state index is -0.662. The molecule has 4 rings (SSSR count). The van der Waals surface area contributed by atoms with Crippen LogP contribution in [-0.4, -0.2) is 27.5 Å². The van der Waals surface area contributed by atoms with Gasteiger partial charge in [0.1, 0.15) is 5.60 Å². The molecule has 36 heavy (non-hydrogen) atoms. The zero-order valence-electron chi connectivity index (χ0n) is 21.0. The van der Waals surface area contributed by atoms with Crippen LogP contribution in [0.4, 0.5) is 0 Å². The summed E-state index contributed by atoms with van der Waals surface area (Å²) in [6.07, 6.45) is 0.147. The number of carbonyl (C=O) groups excluding carboxylic acids is 2. The van der Waals surface area contributed by atoms with Gasteiger partial charge in [-0.1, -0.05) is 65.8 Å². The van der Waals surface area contributed by atoms with E-state index >= 15 is 0 Å². The van der Waals surface area contributed by atoms with E-state index in [1.807, 2.05) is 87.4 Å². The average molecular weight is 524 g/mol. The SMILES string of the molecule is CC1=C(C(=O)OC(C)(C)C)[C@H](c2ccc(Cl)cc2)N2C(CC(=O)N[C@@H](C)c3ccccc3)=CSC2=N1. The molecule has 0 saturated heterocycles. The van der Waals surface area contributed by atoms with Crippen LogP contribution in [0.15, 0.2) is 82.0 Å². The molecule has 2 aliphatic heterocycles. The lowest BCUT2D eigenvalue weighted by atomic mass is 9.93. The number of amidine groups is 1. The highest BCUT2D eigenvalue weighted by Gasteiger charge is 2.41. The van der Waals surface area contributed by atoms with Crippen LogP contribution in [-0.2, 0) is 14.3 Å². The lowest BCUT2D eigenvalue weighted by Gasteiger charge is -2.37. The highest BCUT2D eigenvalue weighted by Crippen LogP contribution is 2.45. The van der Waals surface area contributed by atoms with Crippen LogP contribution < -0.4 is 5.32 Å². The van der Waals surface area contributed by atoms with Gasteiger partial charge in [0.05, 0.1) is 29.8 Å². The molecule has 0 fully saturated rings. The van der Waals surface area contributed by atoms with E-state index < -0.39 is 17.6 Å². The second-order valence-corrected chi connectivity index (χ2v) is 11.1. The van der Waals surface area contributed by atoms with Crippen molar-refractivity contribution in [3.63, 3.8) is 0 Å². The Morgan fingerprint density at radius 2 is 1.81 bits per heavy atom. The maximum Gasteiger partial charge on any atom is 0.338 e. The number of nitrogens with one attached hydrogen (secondary N) is 1. The molecular weight excluding hydrogens is 494 g/mol. The highest BCUT2D eigenvalue weighted by atomic mass is 35.5. The number of ether oxygens (including phenoxy) is 1. The number of amides is 1. The van der Waals surface area contributed by atoms with E-state index in [0.29, 0.717) is 16.3 Å². The van der Waals surface area contributed by atoms with Gasteiger partial charge in [0.2, 0.25) is 5.91 Å². The Bertz CT molecular complexity index is 1250. The van der Waals surface area contributed by atoms with E-state index in [1.54, 1.807) is 12.1 Å². The van der Waals surface area contributed by atoms with Gasteiger partial charge in [0.25, 0.3) is 0 Å². The van der Waals surface area contributed by atoms with E-state index in [9.17, 15) is 9.59 Å². The number of allylic oxidation sites excluding steroid dienone is 1. The zero-order chi connectivity index (χ0) is 26.0. The van der Waals surface area contributed by atoms with E-state index in [-0.39, 0.29) is 18.4 Å². The molecule has 2 aliphatic rings. The number of esters is 1. The summed E-state index contributed by atoms with van der Waals surface area (Å²) in [5, 5.41) is 6.33. The summed E-state index contributed by atoms with van der Waals surface area (Å²) in [6.45, 7) is 9.29. The van der Waals surface area contributed by atoms with Gasteiger partial charge in [-0.05, 0) is 63.3 Å². The molecule has 0 spiro atoms. The molecule has 0 radical (unpaired) electrons. The third kappa shape index (κ3) is 5.85. The maximum atomic E-state index is 13.4. The maximum absolute atomic E-state index is 13.4. The van der Waals surface area contributed by atoms with Crippen molar-refractivity contribution in [2.24, 2.45) is 4.99 Å². The molecular formula is C28H30ClN3O3S. The fourth-order valence-electron chi connectivity index (χ4n) is 4.21. The van der Waals surface area contributed by atoms with Crippen LogP contribution in [0, 0.1) is 0 Å². The number of halogens is 1. The Balaban J connectivity index is 1.64. The number of fused-ring (bicyclic) bond motifs is 1. The third-order valence-corrected chi connectivity index (χ3v) is 6.96. The zero-order valence-corrected chi connectivity index (χ0v) is 22.6. The highest BCUT2D eigenvalue weighted by molar-refractivity contribution is 8.16. The average Bonchev–Trinajstić information content (AvgIpc) is 3.19. The van der Waals surface area contributed by atoms with Crippen LogP contribution in [0.1, 0.15) is 64.3 Å². The molecule has 0 aromatic heterocycles. The van der Waals surface area contributed by atoms with Crippen molar-refractivity contribution in [1.82, 2.24) is 10.2 Å². The molecule has 1 amide bonds. The standard InChI is InChI=1S/C28H30ClN3O3S/c1-17(19-9-7-6-8-10-19)30-23(33)15-22-16-36-27-31-18(2)24(26(34)35-28(3,4)5)25(32(22)27)20-11-13-21(29)14-12-20/h6-14,16-17,25H,15H2,1-5H3,(H,30,33)/t17-,25-/m0/s1. The predicted octanol–water partition coefficient (Wildman–Crippen LogP) is 6.52. The van der Waals surface area contributed by atoms with Gasteiger partial charge in [-0.15, -0.1) is 0 Å². The summed E-state index contributed by atoms with van der Waals surface area (Å²) >= 11 is 7.61. The Morgan fingerprint density at radius 3 is 2.44 bits per heavy atom. The van der Waals surface area contributed by atoms with Crippen LogP contribution in [0.5, 0.6) is 0 Å². The number of carbonyl (C=O) groups is 2. The summed E-state index contributed by atoms with van der Waals surface area (Å²) in [5.41, 5.74) is 3.04. The number of thioether (sulfide) groups is 1. The third-order valence-electron chi connectivity index (χ3n) is 5.82. The molecule has 1 N–H and O–H groups in total. The lowest BCUT2D eigenvalue weighted by Crippen LogP contribution is -2.39. The van der Waals surface area contributed by atoms with E-state index in [2.05, 4.69) is 5.32 Å². The second-order valence-electron chi connectivity index (χ2n) is 9.82. The molecule has 0 saturated carbocycles. The molecule has 0 bridgehead atoms. The first-order valence-electron chi connectivity index (χ1n) is 11.8. The summed E-state index contributed by atoms with van der Waals surface area (Å²) in [5.74, 6) is -0.541. The van der Waals surface area contributed by atoms with Crippen LogP contribution in [0.25, 0.3) is 0 Å². The molecule has 8 heteroatoms. The number of aliphatic imine (C=N–C) groups is 1. The Labute approximate surface area is 221 Å². The Hall–Kier alpha value is -3.03. The quantitative estimate of drug-likeness (QED) is 0.436. The largest absolute Gasteiger partial charge is 0.456 e. The van der Waals surface area contributed by atoms with Crippen molar-refractivity contribution in [3.8, 4) is 0 Å². The van der Waals surface area contributed by atoms with Crippen LogP contribution in [0.3, 0.4) is 0 Å². The van der Waals surface area contributed by atoms with Gasteiger partial charge in [0.15, 0.2) is 5.17 Å². The first-order valence-corrected chi connectivity index (χ1v) is 13.1. The van der Waals surface area contributed by atoms with Crippen molar-refractivity contribution in [2.75, 3.05) is 0 Å². The van der Waals surface area contributed by atoms with Crippen molar-refractivity contribution in [3.05, 3.63) is 93.1 Å². The van der Waals surface area contributed by atoms with E-state index in [1.165, 1.54) is 11.8 Å². The number of hydrogen-bond donors (Lipinski definition) is 1. The summed E-state index contributed by atoms with van der Waals surface area (Å²) in [6, 6.07) is 16.6. The van der Waals surface area contributed by atoms with Gasteiger partial charge in [0, 0.05) is 10.7 Å². The number of nitrogens with zero attached hydrogens (tertiary/aromatic N) is 2. The van der Waals surface area contributed by atoms with Crippen molar-refractivity contribution in [2.45, 2.75) is 58.7 Å². The van der Waals surface area contributed by atoms with Crippen LogP contribution >= 0.6 is 23.4 Å². The minimum Gasteiger partial charge on any atom is -0.456 e. The van der Waals surface area contributed by atoms with Gasteiger partial charge in [-0.25, -0.2) is 9.79 Å². The van der Waals surface area contributed by atoms with E-state index in [4.69, 9.17) is 21.3 Å². The summed E-state index contributed by atoms with van der Waals surface area (Å²) in [4.78, 5) is 33.1. The smallest absolute Gasteiger partial charge is 0.338 e. The predicted molar refractivity (Wildman–Crippen MR) is 145 cm³/mol. The first-order chi connectivity index (χ1) is 17.0. The second kappa shape index (κ2) is 10.5. The monoisotopic (exact) mass is 523 g/mol. The summed E-state index contributed by atoms with van der Waals surface area (Å²) in [7, 11) is 0. The number of benzene rings is 2. The fraction of sp³-hybridized carbons (Fsp3) is 0.321. The Kier molecular flexibility index (Phi) is 7.62. The molecule has 2 heterocycles. The van der Waals surface area contributed by atoms with Gasteiger partial charge < -0.3 is 15.0 Å².